The molecular formula is C7H7Cl3FN. The number of halogens is 4. The predicted octanol–water partition coefficient (Wildman–Crippen LogP) is 3.01. The topological polar surface area (TPSA) is 26.0 Å². The fraction of sp³-hybridized carbons (Fsp3) is 0.143. The minimum absolute atomic E-state index is 0. The molecule has 0 aliphatic carbocycles. The van der Waals surface area contributed by atoms with Crippen LogP contribution in [0.3, 0.4) is 0 Å². The van der Waals surface area contributed by atoms with E-state index in [1.807, 2.05) is 0 Å². The normalized spacial score (nSPS) is 9.33. The first-order chi connectivity index (χ1) is 5.15. The summed E-state index contributed by atoms with van der Waals surface area (Å²) >= 11 is 11.0. The Morgan fingerprint density at radius 1 is 1.25 bits per heavy atom. The van der Waals surface area contributed by atoms with E-state index in [-0.39, 0.29) is 22.5 Å². The Bertz CT molecular complexity index is 254. The summed E-state index contributed by atoms with van der Waals surface area (Å²) in [6.07, 6.45) is 0. The van der Waals surface area contributed by atoms with Crippen LogP contribution in [0.15, 0.2) is 12.1 Å². The van der Waals surface area contributed by atoms with Gasteiger partial charge in [0.1, 0.15) is 0 Å². The summed E-state index contributed by atoms with van der Waals surface area (Å²) in [5.74, 6) is -0.592. The van der Waals surface area contributed by atoms with Gasteiger partial charge in [0, 0.05) is 6.54 Å². The van der Waals surface area contributed by atoms with Crippen LogP contribution in [0.1, 0.15) is 5.56 Å². The molecular weight excluding hydrogens is 223 g/mol. The predicted molar refractivity (Wildman–Crippen MR) is 51.6 cm³/mol. The Labute approximate surface area is 86.1 Å². The second kappa shape index (κ2) is 4.87. The molecule has 68 valence electrons. The van der Waals surface area contributed by atoms with E-state index in [4.69, 9.17) is 28.9 Å². The smallest absolute Gasteiger partial charge is 0.160 e. The largest absolute Gasteiger partial charge is 0.326 e. The number of hydrogen-bond acceptors (Lipinski definition) is 1. The van der Waals surface area contributed by atoms with Gasteiger partial charge < -0.3 is 5.73 Å². The Morgan fingerprint density at radius 2 is 1.67 bits per heavy atom. The van der Waals surface area contributed by atoms with E-state index in [2.05, 4.69) is 0 Å². The highest BCUT2D eigenvalue weighted by Crippen LogP contribution is 2.24. The molecule has 12 heavy (non-hydrogen) atoms. The van der Waals surface area contributed by atoms with Crippen molar-refractivity contribution < 1.29 is 4.39 Å². The lowest BCUT2D eigenvalue weighted by Crippen LogP contribution is -1.96. The van der Waals surface area contributed by atoms with Crippen molar-refractivity contribution in [2.24, 2.45) is 5.73 Å². The summed E-state index contributed by atoms with van der Waals surface area (Å²) in [7, 11) is 0. The van der Waals surface area contributed by atoms with Crippen LogP contribution in [0.2, 0.25) is 10.0 Å². The number of hydrogen-bond donors (Lipinski definition) is 1. The molecule has 0 aromatic heterocycles. The highest BCUT2D eigenvalue weighted by molar-refractivity contribution is 6.34. The van der Waals surface area contributed by atoms with Gasteiger partial charge >= 0.3 is 0 Å². The van der Waals surface area contributed by atoms with Crippen LogP contribution in [-0.4, -0.2) is 0 Å². The van der Waals surface area contributed by atoms with E-state index >= 15 is 0 Å². The third kappa shape index (κ3) is 2.49. The molecule has 0 amide bonds. The van der Waals surface area contributed by atoms with Crippen LogP contribution in [0.5, 0.6) is 0 Å². The van der Waals surface area contributed by atoms with Crippen molar-refractivity contribution in [2.75, 3.05) is 0 Å². The van der Waals surface area contributed by atoms with Gasteiger partial charge in [0.15, 0.2) is 5.82 Å². The molecule has 0 unspecified atom stereocenters. The van der Waals surface area contributed by atoms with Crippen LogP contribution in [0.25, 0.3) is 0 Å². The van der Waals surface area contributed by atoms with Gasteiger partial charge in [-0.25, -0.2) is 4.39 Å². The lowest BCUT2D eigenvalue weighted by atomic mass is 10.2. The van der Waals surface area contributed by atoms with E-state index < -0.39 is 5.82 Å². The summed E-state index contributed by atoms with van der Waals surface area (Å²) in [5, 5.41) is 0.0240. The quantitative estimate of drug-likeness (QED) is 0.738. The maximum absolute atomic E-state index is 12.7. The molecule has 0 aliphatic heterocycles. The average Bonchev–Trinajstić information content (AvgIpc) is 1.99. The summed E-state index contributed by atoms with van der Waals surface area (Å²) in [5.41, 5.74) is 6.02. The molecule has 1 nitrogen and oxygen atoms in total. The molecule has 0 fully saturated rings. The Hall–Kier alpha value is -0.0200. The number of rotatable bonds is 1. The molecule has 5 heteroatoms. The average molecular weight is 230 g/mol. The van der Waals surface area contributed by atoms with Gasteiger partial charge in [-0.1, -0.05) is 23.2 Å². The van der Waals surface area contributed by atoms with E-state index in [1.54, 1.807) is 0 Å². The molecule has 1 rings (SSSR count). The Morgan fingerprint density at radius 3 is 2.00 bits per heavy atom. The van der Waals surface area contributed by atoms with Crippen molar-refractivity contribution in [2.45, 2.75) is 6.54 Å². The van der Waals surface area contributed by atoms with Crippen LogP contribution >= 0.6 is 35.6 Å². The molecule has 0 bridgehead atoms. The molecule has 0 radical (unpaired) electrons. The third-order valence-electron chi connectivity index (χ3n) is 1.28. The maximum atomic E-state index is 12.7. The van der Waals surface area contributed by atoms with Crippen molar-refractivity contribution in [3.05, 3.63) is 33.6 Å². The molecule has 0 aliphatic rings. The zero-order chi connectivity index (χ0) is 8.43. The van der Waals surface area contributed by atoms with Crippen LogP contribution in [0, 0.1) is 5.82 Å². The summed E-state index contributed by atoms with van der Waals surface area (Å²) in [4.78, 5) is 0. The van der Waals surface area contributed by atoms with E-state index in [0.717, 1.165) is 5.56 Å². The Balaban J connectivity index is 0.00000121. The molecule has 1 aromatic rings. The SMILES string of the molecule is Cl.NCc1cc(Cl)c(F)c(Cl)c1. The van der Waals surface area contributed by atoms with Crippen LogP contribution in [0.4, 0.5) is 4.39 Å². The molecule has 0 saturated carbocycles. The van der Waals surface area contributed by atoms with Gasteiger partial charge in [0.05, 0.1) is 10.0 Å². The zero-order valence-electron chi connectivity index (χ0n) is 5.98. The molecule has 0 saturated heterocycles. The van der Waals surface area contributed by atoms with E-state index in [0.29, 0.717) is 6.54 Å². The van der Waals surface area contributed by atoms with Gasteiger partial charge in [0.2, 0.25) is 0 Å². The zero-order valence-corrected chi connectivity index (χ0v) is 8.31. The maximum Gasteiger partial charge on any atom is 0.160 e. The molecule has 0 atom stereocenters. The second-order valence-electron chi connectivity index (χ2n) is 2.08. The molecule has 1 aromatic carbocycles. The first-order valence-electron chi connectivity index (χ1n) is 2.98. The minimum atomic E-state index is -0.592. The van der Waals surface area contributed by atoms with Crippen LogP contribution < -0.4 is 5.73 Å². The highest BCUT2D eigenvalue weighted by atomic mass is 35.5. The van der Waals surface area contributed by atoms with Crippen LogP contribution in [-0.2, 0) is 6.54 Å². The summed E-state index contributed by atoms with van der Waals surface area (Å²) in [6, 6.07) is 2.92. The molecule has 0 heterocycles. The standard InChI is InChI=1S/C7H6Cl2FN.ClH/c8-5-1-4(3-11)2-6(9)7(5)10;/h1-2H,3,11H2;1H. The second-order valence-corrected chi connectivity index (χ2v) is 2.89. The number of benzene rings is 1. The third-order valence-corrected chi connectivity index (χ3v) is 1.83. The van der Waals surface area contributed by atoms with E-state index in [9.17, 15) is 4.39 Å². The van der Waals surface area contributed by atoms with Crippen molar-refractivity contribution in [3.8, 4) is 0 Å². The summed E-state index contributed by atoms with van der Waals surface area (Å²) < 4.78 is 12.7. The lowest BCUT2D eigenvalue weighted by Gasteiger charge is -2.00. The fourth-order valence-electron chi connectivity index (χ4n) is 0.726. The van der Waals surface area contributed by atoms with Crippen molar-refractivity contribution >= 4 is 35.6 Å². The fourth-order valence-corrected chi connectivity index (χ4v) is 1.26. The summed E-state index contributed by atoms with van der Waals surface area (Å²) in [6.45, 7) is 0.305. The molecule has 0 spiro atoms. The minimum Gasteiger partial charge on any atom is -0.326 e. The monoisotopic (exact) mass is 229 g/mol. The van der Waals surface area contributed by atoms with Gasteiger partial charge in [-0.15, -0.1) is 12.4 Å². The highest BCUT2D eigenvalue weighted by Gasteiger charge is 2.05. The Kier molecular flexibility index (Phi) is 4.87. The first-order valence-corrected chi connectivity index (χ1v) is 3.74. The van der Waals surface area contributed by atoms with E-state index in [1.165, 1.54) is 12.1 Å². The van der Waals surface area contributed by atoms with Gasteiger partial charge in [-0.3, -0.25) is 0 Å². The molecule has 2 N–H and O–H groups in total. The first kappa shape index (κ1) is 12.0. The van der Waals surface area contributed by atoms with Gasteiger partial charge in [0.25, 0.3) is 0 Å². The number of nitrogens with two attached hydrogens (primary N) is 1. The van der Waals surface area contributed by atoms with Gasteiger partial charge in [-0.05, 0) is 17.7 Å². The lowest BCUT2D eigenvalue weighted by molar-refractivity contribution is 0.628. The van der Waals surface area contributed by atoms with Crippen molar-refractivity contribution in [1.29, 1.82) is 0 Å². The van der Waals surface area contributed by atoms with Gasteiger partial charge in [-0.2, -0.15) is 0 Å². The van der Waals surface area contributed by atoms with Crippen molar-refractivity contribution in [1.82, 2.24) is 0 Å². The van der Waals surface area contributed by atoms with Crippen molar-refractivity contribution in [3.63, 3.8) is 0 Å².